The molecule has 0 aromatic heterocycles. The molecule has 32 heavy (non-hydrogen) atoms. The van der Waals surface area contributed by atoms with Gasteiger partial charge in [-0.25, -0.2) is 22.3 Å². The quantitative estimate of drug-likeness (QED) is 0.316. The van der Waals surface area contributed by atoms with Crippen molar-refractivity contribution >= 4 is 22.0 Å². The molecule has 0 unspecified atom stereocenters. The molecule has 3 rings (SSSR count). The second-order valence-corrected chi connectivity index (χ2v) is 10.2. The molecule has 2 aliphatic rings. The molecule has 11 heteroatoms. The number of carbonyl (C=O) groups excluding carboxylic acids is 2. The van der Waals surface area contributed by atoms with Crippen molar-refractivity contribution in [2.45, 2.75) is 51.1 Å². The summed E-state index contributed by atoms with van der Waals surface area (Å²) in [6.07, 6.45) is 3.71. The Morgan fingerprint density at radius 1 is 1.28 bits per heavy atom. The van der Waals surface area contributed by atoms with Gasteiger partial charge in [-0.05, 0) is 56.8 Å². The van der Waals surface area contributed by atoms with E-state index in [4.69, 9.17) is 4.74 Å². The van der Waals surface area contributed by atoms with E-state index in [0.717, 1.165) is 19.4 Å². The van der Waals surface area contributed by atoms with Crippen LogP contribution in [0.15, 0.2) is 18.2 Å². The van der Waals surface area contributed by atoms with Gasteiger partial charge >= 0.3 is 6.03 Å². The first-order chi connectivity index (χ1) is 15.2. The van der Waals surface area contributed by atoms with Crippen molar-refractivity contribution in [3.8, 4) is 5.75 Å². The number of ether oxygens (including phenoxy) is 1. The molecular formula is C21H31FN4O5S. The number of carbonyl (C=O) groups is 2. The number of amides is 3. The van der Waals surface area contributed by atoms with Crippen molar-refractivity contribution in [1.82, 2.24) is 20.3 Å². The third-order valence-electron chi connectivity index (χ3n) is 5.62. The number of urea groups is 1. The van der Waals surface area contributed by atoms with E-state index in [2.05, 4.69) is 15.4 Å². The molecule has 0 aliphatic carbocycles. The van der Waals surface area contributed by atoms with Crippen LogP contribution in [0.4, 0.5) is 9.18 Å². The van der Waals surface area contributed by atoms with Crippen molar-refractivity contribution in [1.29, 1.82) is 0 Å². The Morgan fingerprint density at radius 2 is 2.09 bits per heavy atom. The topological polar surface area (TPSA) is 117 Å². The van der Waals surface area contributed by atoms with Crippen molar-refractivity contribution < 1.29 is 27.1 Å². The average Bonchev–Trinajstić information content (AvgIpc) is 3.35. The molecule has 9 nitrogen and oxygen atoms in total. The molecule has 2 heterocycles. The number of nitrogens with one attached hydrogen (secondary N) is 3. The first-order valence-electron chi connectivity index (χ1n) is 11.0. The fourth-order valence-corrected chi connectivity index (χ4v) is 5.20. The molecule has 2 aliphatic heterocycles. The number of hydrogen-bond acceptors (Lipinski definition) is 6. The SMILES string of the molecule is C[C@@H](NS(=O)(=O)CCCCCN1CC(=O)NC1=O)c1ccc(F)c(OC[C@@H]2CCCN2)c1. The molecular weight excluding hydrogens is 439 g/mol. The van der Waals surface area contributed by atoms with Gasteiger partial charge in [0.05, 0.1) is 5.75 Å². The van der Waals surface area contributed by atoms with Gasteiger partial charge in [0, 0.05) is 18.6 Å². The van der Waals surface area contributed by atoms with E-state index in [9.17, 15) is 22.4 Å². The highest BCUT2D eigenvalue weighted by Gasteiger charge is 2.25. The van der Waals surface area contributed by atoms with Crippen LogP contribution in [0.2, 0.25) is 0 Å². The smallest absolute Gasteiger partial charge is 0.324 e. The monoisotopic (exact) mass is 470 g/mol. The van der Waals surface area contributed by atoms with Gasteiger partial charge in [0.25, 0.3) is 0 Å². The third kappa shape index (κ3) is 7.14. The highest BCUT2D eigenvalue weighted by atomic mass is 32.2. The molecule has 1 aromatic carbocycles. The molecule has 0 spiro atoms. The minimum Gasteiger partial charge on any atom is -0.489 e. The lowest BCUT2D eigenvalue weighted by molar-refractivity contribution is -0.118. The molecule has 3 amide bonds. The first kappa shape index (κ1) is 24.4. The Kier molecular flexibility index (Phi) is 8.44. The largest absolute Gasteiger partial charge is 0.489 e. The van der Waals surface area contributed by atoms with Gasteiger partial charge in [-0.15, -0.1) is 0 Å². The summed E-state index contributed by atoms with van der Waals surface area (Å²) < 4.78 is 47.2. The summed E-state index contributed by atoms with van der Waals surface area (Å²) in [6.45, 7) is 3.47. The number of hydrogen-bond donors (Lipinski definition) is 3. The summed E-state index contributed by atoms with van der Waals surface area (Å²) >= 11 is 0. The molecule has 2 atom stereocenters. The van der Waals surface area contributed by atoms with Crippen LogP contribution in [0.25, 0.3) is 0 Å². The minimum atomic E-state index is -3.54. The summed E-state index contributed by atoms with van der Waals surface area (Å²) in [7, 11) is -3.54. The van der Waals surface area contributed by atoms with Gasteiger partial charge < -0.3 is 15.0 Å². The Balaban J connectivity index is 1.43. The highest BCUT2D eigenvalue weighted by Crippen LogP contribution is 2.24. The number of imide groups is 1. The van der Waals surface area contributed by atoms with Gasteiger partial charge in [0.2, 0.25) is 15.9 Å². The van der Waals surface area contributed by atoms with Crippen molar-refractivity contribution in [3.05, 3.63) is 29.6 Å². The molecule has 178 valence electrons. The fraction of sp³-hybridized carbons (Fsp3) is 0.619. The van der Waals surface area contributed by atoms with Gasteiger partial charge in [-0.2, -0.15) is 0 Å². The van der Waals surface area contributed by atoms with Gasteiger partial charge in [-0.3, -0.25) is 10.1 Å². The summed E-state index contributed by atoms with van der Waals surface area (Å²) in [5.74, 6) is -0.734. The van der Waals surface area contributed by atoms with Crippen LogP contribution in [0.1, 0.15) is 50.6 Å². The van der Waals surface area contributed by atoms with Crippen molar-refractivity contribution in [2.75, 3.05) is 32.0 Å². The maximum atomic E-state index is 14.1. The molecule has 0 saturated carbocycles. The zero-order valence-corrected chi connectivity index (χ0v) is 19.0. The number of rotatable bonds is 12. The fourth-order valence-electron chi connectivity index (χ4n) is 3.82. The van der Waals surface area contributed by atoms with Crippen LogP contribution in [-0.2, 0) is 14.8 Å². The van der Waals surface area contributed by atoms with Crippen LogP contribution >= 0.6 is 0 Å². The maximum absolute atomic E-state index is 14.1. The molecule has 3 N–H and O–H groups in total. The first-order valence-corrected chi connectivity index (χ1v) is 12.6. The molecule has 0 bridgehead atoms. The Morgan fingerprint density at radius 3 is 2.78 bits per heavy atom. The van der Waals surface area contributed by atoms with E-state index in [1.54, 1.807) is 19.1 Å². The predicted molar refractivity (Wildman–Crippen MR) is 117 cm³/mol. The number of benzene rings is 1. The van der Waals surface area contributed by atoms with Gasteiger partial charge in [0.15, 0.2) is 11.6 Å². The van der Waals surface area contributed by atoms with Crippen molar-refractivity contribution in [3.63, 3.8) is 0 Å². The van der Waals surface area contributed by atoms with Gasteiger partial charge in [0.1, 0.15) is 13.2 Å². The number of unbranched alkanes of at least 4 members (excludes halogenated alkanes) is 2. The number of halogens is 1. The highest BCUT2D eigenvalue weighted by molar-refractivity contribution is 7.89. The average molecular weight is 471 g/mol. The second kappa shape index (κ2) is 11.1. The summed E-state index contributed by atoms with van der Waals surface area (Å²) in [4.78, 5) is 24.0. The van der Waals surface area contributed by atoms with Crippen LogP contribution in [-0.4, -0.2) is 63.3 Å². The number of nitrogens with zero attached hydrogens (tertiary/aromatic N) is 1. The van der Waals surface area contributed by atoms with Crippen molar-refractivity contribution in [2.24, 2.45) is 0 Å². The molecule has 2 fully saturated rings. The van der Waals surface area contributed by atoms with Gasteiger partial charge in [-0.1, -0.05) is 12.5 Å². The Hall–Kier alpha value is -2.24. The predicted octanol–water partition coefficient (Wildman–Crippen LogP) is 1.66. The zero-order valence-electron chi connectivity index (χ0n) is 18.2. The zero-order chi connectivity index (χ0) is 23.1. The second-order valence-electron chi connectivity index (χ2n) is 8.29. The molecule has 2 saturated heterocycles. The van der Waals surface area contributed by atoms with E-state index >= 15 is 0 Å². The summed E-state index contributed by atoms with van der Waals surface area (Å²) in [5, 5.41) is 5.49. The molecule has 0 radical (unpaired) electrons. The minimum absolute atomic E-state index is 0.0523. The third-order valence-corrected chi connectivity index (χ3v) is 7.16. The van der Waals surface area contributed by atoms with Crippen LogP contribution in [0.3, 0.4) is 0 Å². The number of sulfonamides is 1. The normalized spacial score (nSPS) is 19.9. The van der Waals surface area contributed by atoms with E-state index in [0.29, 0.717) is 38.0 Å². The Labute approximate surface area is 188 Å². The van der Waals surface area contributed by atoms with E-state index in [1.807, 2.05) is 0 Å². The standard InChI is InChI=1S/C21H31FN4O5S/c1-15(16-7-8-18(22)19(12-16)31-14-17-6-5-9-23-17)25-32(29,30)11-4-2-3-10-26-13-20(27)24-21(26)28/h7-8,12,15,17,23,25H,2-6,9-11,13-14H2,1H3,(H,24,27,28)/t15-,17+/m1/s1. The molecule has 1 aromatic rings. The lowest BCUT2D eigenvalue weighted by Gasteiger charge is -2.17. The summed E-state index contributed by atoms with van der Waals surface area (Å²) in [6, 6.07) is 3.64. The lowest BCUT2D eigenvalue weighted by Crippen LogP contribution is -2.30. The van der Waals surface area contributed by atoms with Crippen LogP contribution in [0.5, 0.6) is 5.75 Å². The maximum Gasteiger partial charge on any atom is 0.324 e. The summed E-state index contributed by atoms with van der Waals surface area (Å²) in [5.41, 5.74) is 0.620. The van der Waals surface area contributed by atoms with E-state index in [-0.39, 0.29) is 30.0 Å². The van der Waals surface area contributed by atoms with E-state index < -0.39 is 27.9 Å². The Bertz CT molecular complexity index is 921. The van der Waals surface area contributed by atoms with Crippen LogP contribution < -0.4 is 20.1 Å². The lowest BCUT2D eigenvalue weighted by atomic mass is 10.1. The van der Waals surface area contributed by atoms with E-state index in [1.165, 1.54) is 11.0 Å². The van der Waals surface area contributed by atoms with Crippen LogP contribution in [0, 0.1) is 5.82 Å².